The van der Waals surface area contributed by atoms with Crippen LogP contribution in [0, 0.1) is 0 Å². The second kappa shape index (κ2) is 8.49. The molecule has 3 amide bonds. The summed E-state index contributed by atoms with van der Waals surface area (Å²) >= 11 is 12.3. The first-order chi connectivity index (χ1) is 15.9. The Kier molecular flexibility index (Phi) is 5.65. The summed E-state index contributed by atoms with van der Waals surface area (Å²) in [6.45, 7) is 0.538. The number of anilines is 1. The van der Waals surface area contributed by atoms with E-state index >= 15 is 0 Å². The number of carbonyl (C=O) groups excluding carboxylic acids is 2. The number of aliphatic hydroxyl groups is 1. The van der Waals surface area contributed by atoms with Crippen molar-refractivity contribution in [2.75, 3.05) is 11.4 Å². The molecule has 0 aliphatic carbocycles. The first-order valence-electron chi connectivity index (χ1n) is 10.8. The van der Waals surface area contributed by atoms with E-state index in [9.17, 15) is 14.7 Å². The van der Waals surface area contributed by atoms with Crippen molar-refractivity contribution in [3.05, 3.63) is 87.9 Å². The van der Waals surface area contributed by atoms with Gasteiger partial charge in [0.15, 0.2) is 0 Å². The van der Waals surface area contributed by atoms with Gasteiger partial charge in [0, 0.05) is 23.0 Å². The number of urea groups is 1. The molecular weight excluding hydrogens is 459 g/mol. The maximum atomic E-state index is 13.7. The van der Waals surface area contributed by atoms with E-state index in [1.165, 1.54) is 4.90 Å². The number of benzene rings is 3. The summed E-state index contributed by atoms with van der Waals surface area (Å²) in [7, 11) is 0. The molecule has 0 radical (unpaired) electrons. The summed E-state index contributed by atoms with van der Waals surface area (Å²) in [5.74, 6) is -0.233. The van der Waals surface area contributed by atoms with Crippen LogP contribution in [0.25, 0.3) is 11.1 Å². The van der Waals surface area contributed by atoms with E-state index in [4.69, 9.17) is 23.2 Å². The Morgan fingerprint density at radius 1 is 0.879 bits per heavy atom. The molecule has 2 heterocycles. The molecule has 2 fully saturated rings. The number of carbonyl (C=O) groups is 2. The van der Waals surface area contributed by atoms with Gasteiger partial charge in [-0.3, -0.25) is 4.79 Å². The molecule has 2 saturated heterocycles. The number of fused-ring (bicyclic) bond motifs is 1. The van der Waals surface area contributed by atoms with Crippen molar-refractivity contribution in [2.45, 2.75) is 31.4 Å². The van der Waals surface area contributed by atoms with Crippen LogP contribution in [-0.2, 0) is 17.8 Å². The molecule has 0 bridgehead atoms. The topological polar surface area (TPSA) is 60.9 Å². The van der Waals surface area contributed by atoms with Crippen molar-refractivity contribution < 1.29 is 14.7 Å². The van der Waals surface area contributed by atoms with Crippen molar-refractivity contribution in [2.24, 2.45) is 0 Å². The fraction of sp³-hybridized carbons (Fsp3) is 0.231. The molecule has 2 aliphatic rings. The third-order valence-corrected chi connectivity index (χ3v) is 6.95. The smallest absolute Gasteiger partial charge is 0.332 e. The average Bonchev–Trinajstić information content (AvgIpc) is 3.31. The molecule has 2 aliphatic heterocycles. The van der Waals surface area contributed by atoms with Crippen LogP contribution in [0.5, 0.6) is 0 Å². The van der Waals surface area contributed by atoms with E-state index < -0.39 is 5.54 Å². The van der Waals surface area contributed by atoms with Crippen LogP contribution in [0.4, 0.5) is 10.5 Å². The normalized spacial score (nSPS) is 20.0. The number of nitrogens with zero attached hydrogens (tertiary/aromatic N) is 2. The molecule has 5 nitrogen and oxygen atoms in total. The summed E-state index contributed by atoms with van der Waals surface area (Å²) in [6.07, 6.45) is 1.84. The Bertz CT molecular complexity index is 1220. The zero-order valence-corrected chi connectivity index (χ0v) is 19.3. The summed E-state index contributed by atoms with van der Waals surface area (Å²) in [5, 5.41) is 10.1. The largest absolute Gasteiger partial charge is 0.392 e. The number of hydrogen-bond acceptors (Lipinski definition) is 3. The molecule has 5 rings (SSSR count). The SMILES string of the molecule is O=C1N(c2cc(Cl)cc(Cl)c2)C(=O)C2(Cc3ccc(-c4cccc(CO)c4)cc3)CCCN12. The van der Waals surface area contributed by atoms with Gasteiger partial charge in [-0.1, -0.05) is 65.7 Å². The van der Waals surface area contributed by atoms with Gasteiger partial charge in [0.05, 0.1) is 12.3 Å². The fourth-order valence-electron chi connectivity index (χ4n) is 4.95. The van der Waals surface area contributed by atoms with Gasteiger partial charge in [-0.15, -0.1) is 0 Å². The van der Waals surface area contributed by atoms with Gasteiger partial charge in [-0.2, -0.15) is 0 Å². The Hall–Kier alpha value is -2.86. The van der Waals surface area contributed by atoms with Gasteiger partial charge < -0.3 is 10.0 Å². The Morgan fingerprint density at radius 3 is 2.30 bits per heavy atom. The molecule has 3 aromatic carbocycles. The number of rotatable bonds is 5. The zero-order valence-electron chi connectivity index (χ0n) is 17.8. The maximum Gasteiger partial charge on any atom is 0.332 e. The second-order valence-electron chi connectivity index (χ2n) is 8.57. The molecule has 0 saturated carbocycles. The molecule has 7 heteroatoms. The lowest BCUT2D eigenvalue weighted by Crippen LogP contribution is -2.47. The number of imide groups is 1. The molecular formula is C26H22Cl2N2O3. The van der Waals surface area contributed by atoms with Gasteiger partial charge in [0.25, 0.3) is 5.91 Å². The summed E-state index contributed by atoms with van der Waals surface area (Å²) in [4.78, 5) is 29.8. The molecule has 0 spiro atoms. The number of hydrogen-bond donors (Lipinski definition) is 1. The predicted molar refractivity (Wildman–Crippen MR) is 130 cm³/mol. The van der Waals surface area contributed by atoms with Crippen molar-refractivity contribution in [1.29, 1.82) is 0 Å². The van der Waals surface area contributed by atoms with Crippen LogP contribution >= 0.6 is 23.2 Å². The van der Waals surface area contributed by atoms with Crippen LogP contribution < -0.4 is 4.90 Å². The van der Waals surface area contributed by atoms with E-state index in [-0.39, 0.29) is 18.5 Å². The van der Waals surface area contributed by atoms with Gasteiger partial charge in [0.2, 0.25) is 0 Å². The minimum Gasteiger partial charge on any atom is -0.392 e. The minimum atomic E-state index is -0.899. The second-order valence-corrected chi connectivity index (χ2v) is 9.44. The van der Waals surface area contributed by atoms with Crippen LogP contribution in [0.3, 0.4) is 0 Å². The number of aliphatic hydroxyl groups excluding tert-OH is 1. The van der Waals surface area contributed by atoms with Crippen molar-refractivity contribution in [3.63, 3.8) is 0 Å². The summed E-state index contributed by atoms with van der Waals surface area (Å²) in [6, 6.07) is 20.2. The van der Waals surface area contributed by atoms with E-state index in [2.05, 4.69) is 0 Å². The lowest BCUT2D eigenvalue weighted by molar-refractivity contribution is -0.123. The van der Waals surface area contributed by atoms with Gasteiger partial charge in [0.1, 0.15) is 5.54 Å². The highest BCUT2D eigenvalue weighted by Crippen LogP contribution is 2.43. The van der Waals surface area contributed by atoms with Crippen LogP contribution in [0.1, 0.15) is 24.0 Å². The van der Waals surface area contributed by atoms with Crippen LogP contribution in [-0.4, -0.2) is 34.0 Å². The van der Waals surface area contributed by atoms with Gasteiger partial charge >= 0.3 is 6.03 Å². The van der Waals surface area contributed by atoms with E-state index in [1.54, 1.807) is 23.1 Å². The van der Waals surface area contributed by atoms with Crippen LogP contribution in [0.2, 0.25) is 10.0 Å². The Balaban J connectivity index is 1.44. The Morgan fingerprint density at radius 2 is 1.61 bits per heavy atom. The lowest BCUT2D eigenvalue weighted by atomic mass is 9.87. The monoisotopic (exact) mass is 480 g/mol. The average molecular weight is 481 g/mol. The highest BCUT2D eigenvalue weighted by molar-refractivity contribution is 6.35. The molecule has 33 heavy (non-hydrogen) atoms. The quantitative estimate of drug-likeness (QED) is 0.476. The molecule has 1 atom stereocenters. The fourth-order valence-corrected chi connectivity index (χ4v) is 5.47. The molecule has 0 aromatic heterocycles. The first kappa shape index (κ1) is 22.0. The molecule has 168 valence electrons. The van der Waals surface area contributed by atoms with E-state index in [1.807, 2.05) is 48.5 Å². The zero-order chi connectivity index (χ0) is 23.2. The summed E-state index contributed by atoms with van der Waals surface area (Å²) in [5.41, 5.74) is 3.38. The van der Waals surface area contributed by atoms with Crippen LogP contribution in [0.15, 0.2) is 66.7 Å². The molecule has 3 aromatic rings. The lowest BCUT2D eigenvalue weighted by Gasteiger charge is -2.28. The van der Waals surface area contributed by atoms with Crippen molar-refractivity contribution in [1.82, 2.24) is 4.90 Å². The third kappa shape index (κ3) is 3.80. The molecule has 1 N–H and O–H groups in total. The predicted octanol–water partition coefficient (Wildman–Crippen LogP) is 5.70. The minimum absolute atomic E-state index is 0.00520. The van der Waals surface area contributed by atoms with Gasteiger partial charge in [-0.25, -0.2) is 9.69 Å². The van der Waals surface area contributed by atoms with E-state index in [0.29, 0.717) is 35.1 Å². The summed E-state index contributed by atoms with van der Waals surface area (Å²) < 4.78 is 0. The Labute approximate surface area is 202 Å². The van der Waals surface area contributed by atoms with Gasteiger partial charge in [-0.05, 0) is 59.4 Å². The highest BCUT2D eigenvalue weighted by atomic mass is 35.5. The van der Waals surface area contributed by atoms with Crippen molar-refractivity contribution >= 4 is 40.8 Å². The highest BCUT2D eigenvalue weighted by Gasteiger charge is 2.59. The molecule has 1 unspecified atom stereocenters. The first-order valence-corrected chi connectivity index (χ1v) is 11.6. The number of amides is 3. The van der Waals surface area contributed by atoms with E-state index in [0.717, 1.165) is 28.7 Å². The van der Waals surface area contributed by atoms with Crippen molar-refractivity contribution in [3.8, 4) is 11.1 Å². The third-order valence-electron chi connectivity index (χ3n) is 6.51. The standard InChI is InChI=1S/C26H22Cl2N2O3/c27-21-12-22(28)14-23(13-21)30-24(32)26(9-2-10-29(26)25(30)33)15-17-5-7-19(8-6-17)20-4-1-3-18(11-20)16-31/h1,3-8,11-14,31H,2,9-10,15-16H2. The maximum absolute atomic E-state index is 13.7. The number of halogens is 2.